The number of Topliss-reactive ketones (excluding diaryl/α,β-unsaturated/α-hetero) is 1. The van der Waals surface area contributed by atoms with E-state index in [0.29, 0.717) is 34.5 Å². The highest BCUT2D eigenvalue weighted by Gasteiger charge is 2.28. The van der Waals surface area contributed by atoms with E-state index in [0.717, 1.165) is 18.5 Å². The number of rotatable bonds is 8. The Kier molecular flexibility index (Phi) is 6.64. The lowest BCUT2D eigenvalue weighted by Crippen LogP contribution is -2.27. The summed E-state index contributed by atoms with van der Waals surface area (Å²) in [7, 11) is -3.56. The van der Waals surface area contributed by atoms with Gasteiger partial charge in [0.05, 0.1) is 15.5 Å². The van der Waals surface area contributed by atoms with Crippen molar-refractivity contribution >= 4 is 38.9 Å². The molecular weight excluding hydrogens is 488 g/mol. The Morgan fingerprint density at radius 3 is 2.50 bits per heavy atom. The maximum Gasteiger partial charge on any atom is 0.243 e. The van der Waals surface area contributed by atoms with Crippen molar-refractivity contribution in [3.05, 3.63) is 77.0 Å². The lowest BCUT2D eigenvalue weighted by Gasteiger charge is -2.16. The second-order valence-electron chi connectivity index (χ2n) is 7.81. The zero-order valence-electron chi connectivity index (χ0n) is 18.2. The van der Waals surface area contributed by atoms with Gasteiger partial charge in [-0.05, 0) is 48.6 Å². The largest absolute Gasteiger partial charge is 0.292 e. The van der Waals surface area contributed by atoms with Crippen LogP contribution in [-0.4, -0.2) is 52.1 Å². The molecule has 3 heterocycles. The van der Waals surface area contributed by atoms with Crippen LogP contribution in [0.2, 0.25) is 0 Å². The molecule has 0 unspecified atom stereocenters. The van der Waals surface area contributed by atoms with E-state index in [1.807, 2.05) is 58.5 Å². The number of nitrogens with zero attached hydrogens (tertiary/aromatic N) is 4. The zero-order chi connectivity index (χ0) is 23.5. The molecule has 1 aliphatic heterocycles. The number of aromatic nitrogens is 3. The fourth-order valence-corrected chi connectivity index (χ4v) is 7.03. The van der Waals surface area contributed by atoms with E-state index in [2.05, 4.69) is 10.2 Å². The SMILES string of the molecule is O=C(CSc1nnc(-c2cccc(S(=O)(=O)N3CCCC3)c2)n1-c1ccccc1)c1cccs1. The summed E-state index contributed by atoms with van der Waals surface area (Å²) in [6.07, 6.45) is 1.76. The van der Waals surface area contributed by atoms with Crippen molar-refractivity contribution < 1.29 is 13.2 Å². The molecule has 0 N–H and O–H groups in total. The molecule has 0 atom stereocenters. The van der Waals surface area contributed by atoms with Crippen LogP contribution >= 0.6 is 23.1 Å². The van der Waals surface area contributed by atoms with Gasteiger partial charge in [-0.15, -0.1) is 21.5 Å². The van der Waals surface area contributed by atoms with Crippen LogP contribution in [0.3, 0.4) is 0 Å². The molecule has 0 bridgehead atoms. The molecule has 2 aromatic heterocycles. The predicted octanol–water partition coefficient (Wildman–Crippen LogP) is 4.76. The zero-order valence-corrected chi connectivity index (χ0v) is 20.7. The molecule has 2 aromatic carbocycles. The number of hydrogen-bond donors (Lipinski definition) is 0. The highest BCUT2D eigenvalue weighted by molar-refractivity contribution is 7.99. The quantitative estimate of drug-likeness (QED) is 0.251. The Morgan fingerprint density at radius 2 is 1.76 bits per heavy atom. The average Bonchev–Trinajstić information content (AvgIpc) is 3.65. The summed E-state index contributed by atoms with van der Waals surface area (Å²) < 4.78 is 29.6. The third kappa shape index (κ3) is 4.58. The number of hydrogen-bond acceptors (Lipinski definition) is 7. The predicted molar refractivity (Wildman–Crippen MR) is 134 cm³/mol. The first-order valence-electron chi connectivity index (χ1n) is 10.8. The van der Waals surface area contributed by atoms with Gasteiger partial charge in [0.15, 0.2) is 16.8 Å². The normalized spacial score (nSPS) is 14.5. The number of thioether (sulfide) groups is 1. The van der Waals surface area contributed by atoms with Crippen LogP contribution in [0.4, 0.5) is 0 Å². The van der Waals surface area contributed by atoms with Crippen LogP contribution in [0.15, 0.2) is 82.2 Å². The number of benzene rings is 2. The Hall–Kier alpha value is -2.79. The summed E-state index contributed by atoms with van der Waals surface area (Å²) >= 11 is 2.73. The van der Waals surface area contributed by atoms with E-state index < -0.39 is 10.0 Å². The van der Waals surface area contributed by atoms with Crippen LogP contribution in [0.5, 0.6) is 0 Å². The molecule has 4 aromatic rings. The first kappa shape index (κ1) is 23.0. The van der Waals surface area contributed by atoms with Crippen LogP contribution in [0.1, 0.15) is 22.5 Å². The van der Waals surface area contributed by atoms with Gasteiger partial charge in [-0.3, -0.25) is 9.36 Å². The minimum atomic E-state index is -3.56. The lowest BCUT2D eigenvalue weighted by molar-refractivity contribution is 0.102. The van der Waals surface area contributed by atoms with E-state index in [9.17, 15) is 13.2 Å². The molecule has 5 rings (SSSR count). The van der Waals surface area contributed by atoms with E-state index in [1.165, 1.54) is 27.4 Å². The van der Waals surface area contributed by atoms with E-state index in [4.69, 9.17) is 0 Å². The van der Waals surface area contributed by atoms with Crippen molar-refractivity contribution in [2.45, 2.75) is 22.9 Å². The number of para-hydroxylation sites is 1. The molecule has 1 fully saturated rings. The second-order valence-corrected chi connectivity index (χ2v) is 11.6. The fraction of sp³-hybridized carbons (Fsp3) is 0.208. The third-order valence-corrected chi connectivity index (χ3v) is 9.31. The van der Waals surface area contributed by atoms with E-state index >= 15 is 0 Å². The van der Waals surface area contributed by atoms with Gasteiger partial charge >= 0.3 is 0 Å². The van der Waals surface area contributed by atoms with Crippen LogP contribution in [-0.2, 0) is 10.0 Å². The molecule has 0 radical (unpaired) electrons. The van der Waals surface area contributed by atoms with Crippen molar-refractivity contribution in [1.29, 1.82) is 0 Å². The minimum absolute atomic E-state index is 0.0304. The molecule has 7 nitrogen and oxygen atoms in total. The van der Waals surface area contributed by atoms with Gasteiger partial charge in [0.25, 0.3) is 0 Å². The van der Waals surface area contributed by atoms with Crippen molar-refractivity contribution in [1.82, 2.24) is 19.1 Å². The Labute approximate surface area is 206 Å². The summed E-state index contributed by atoms with van der Waals surface area (Å²) in [6, 6.07) is 20.1. The first-order chi connectivity index (χ1) is 16.5. The maximum absolute atomic E-state index is 13.1. The third-order valence-electron chi connectivity index (χ3n) is 5.57. The first-order valence-corrected chi connectivity index (χ1v) is 14.2. The fourth-order valence-electron chi connectivity index (χ4n) is 3.87. The topological polar surface area (TPSA) is 85.2 Å². The van der Waals surface area contributed by atoms with Crippen molar-refractivity contribution in [3.8, 4) is 17.1 Å². The van der Waals surface area contributed by atoms with Crippen molar-refractivity contribution in [2.75, 3.05) is 18.8 Å². The van der Waals surface area contributed by atoms with Crippen molar-refractivity contribution in [3.63, 3.8) is 0 Å². The molecule has 1 aliphatic rings. The van der Waals surface area contributed by atoms with Crippen molar-refractivity contribution in [2.24, 2.45) is 0 Å². The Morgan fingerprint density at radius 1 is 0.971 bits per heavy atom. The van der Waals surface area contributed by atoms with Gasteiger partial charge < -0.3 is 0 Å². The molecule has 0 saturated carbocycles. The highest BCUT2D eigenvalue weighted by atomic mass is 32.2. The monoisotopic (exact) mass is 510 g/mol. The number of sulfonamides is 1. The number of carbonyl (C=O) groups excluding carboxylic acids is 1. The van der Waals surface area contributed by atoms with E-state index in [1.54, 1.807) is 18.2 Å². The number of ketones is 1. The molecule has 174 valence electrons. The molecule has 0 amide bonds. The standard InChI is InChI=1S/C24H22N4O3S3/c29-21(22-12-7-15-32-22)17-33-24-26-25-23(28(24)19-9-2-1-3-10-19)18-8-6-11-20(16-18)34(30,31)27-13-4-5-14-27/h1-3,6-12,15-16H,4-5,13-14,17H2. The van der Waals surface area contributed by atoms with Gasteiger partial charge in [0, 0.05) is 24.3 Å². The molecule has 10 heteroatoms. The van der Waals surface area contributed by atoms with Gasteiger partial charge in [0.1, 0.15) is 0 Å². The Bertz CT molecular complexity index is 1390. The van der Waals surface area contributed by atoms with Crippen LogP contribution in [0, 0.1) is 0 Å². The Balaban J connectivity index is 1.51. The van der Waals surface area contributed by atoms with Crippen LogP contribution < -0.4 is 0 Å². The van der Waals surface area contributed by atoms with Gasteiger partial charge in [-0.1, -0.05) is 48.2 Å². The molecule has 34 heavy (non-hydrogen) atoms. The van der Waals surface area contributed by atoms with Crippen LogP contribution in [0.25, 0.3) is 17.1 Å². The number of carbonyl (C=O) groups is 1. The summed E-state index contributed by atoms with van der Waals surface area (Å²) in [4.78, 5) is 13.5. The van der Waals surface area contributed by atoms with Gasteiger partial charge in [-0.2, -0.15) is 4.31 Å². The highest BCUT2D eigenvalue weighted by Crippen LogP contribution is 2.31. The van der Waals surface area contributed by atoms with E-state index in [-0.39, 0.29) is 16.4 Å². The second kappa shape index (κ2) is 9.83. The summed E-state index contributed by atoms with van der Waals surface area (Å²) in [6.45, 7) is 1.09. The summed E-state index contributed by atoms with van der Waals surface area (Å²) in [5.74, 6) is 0.785. The molecule has 1 saturated heterocycles. The molecule has 0 aliphatic carbocycles. The minimum Gasteiger partial charge on any atom is -0.292 e. The molecular formula is C24H22N4O3S3. The summed E-state index contributed by atoms with van der Waals surface area (Å²) in [5, 5.41) is 11.2. The summed E-state index contributed by atoms with van der Waals surface area (Å²) in [5.41, 5.74) is 1.48. The number of thiophene rings is 1. The smallest absolute Gasteiger partial charge is 0.243 e. The lowest BCUT2D eigenvalue weighted by atomic mass is 10.2. The van der Waals surface area contributed by atoms with Gasteiger partial charge in [-0.25, -0.2) is 8.42 Å². The average molecular weight is 511 g/mol. The van der Waals surface area contributed by atoms with Gasteiger partial charge in [0.2, 0.25) is 10.0 Å². The maximum atomic E-state index is 13.1. The molecule has 0 spiro atoms.